The van der Waals surface area contributed by atoms with Gasteiger partial charge in [-0.3, -0.25) is 9.80 Å². The summed E-state index contributed by atoms with van der Waals surface area (Å²) in [7, 11) is 1.82. The molecule has 1 saturated heterocycles. The summed E-state index contributed by atoms with van der Waals surface area (Å²) in [6.45, 7) is 1.42. The van der Waals surface area contributed by atoms with Crippen molar-refractivity contribution in [3.63, 3.8) is 0 Å². The van der Waals surface area contributed by atoms with Crippen LogP contribution in [0.2, 0.25) is 0 Å². The molecule has 1 N–H and O–H groups in total. The standard InChI is InChI=1S/C23H27Cl3F4N2O2/c1-31(11-14-3-5-17(20(27)9-14)23(28,29)30)21-13-32(22(33)34-8-2-7-24)12-16(21)15-4-6-18(25)19(26)10-15/h3-5,9-10,16,18,21-22,33H,2,6-8,11-13H2,1H3/t16?,18?,21-,22?/m0/s1. The number of hydrogen-bond acceptors (Lipinski definition) is 4. The molecule has 2 aliphatic rings. The Labute approximate surface area is 211 Å². The predicted molar refractivity (Wildman–Crippen MR) is 125 cm³/mol. The highest BCUT2D eigenvalue weighted by atomic mass is 35.5. The van der Waals surface area contributed by atoms with E-state index in [-0.39, 0.29) is 23.9 Å². The Bertz CT molecular complexity index is 913. The molecule has 4 atom stereocenters. The van der Waals surface area contributed by atoms with Crippen LogP contribution in [0.5, 0.6) is 0 Å². The van der Waals surface area contributed by atoms with E-state index in [1.54, 1.807) is 4.90 Å². The van der Waals surface area contributed by atoms with Gasteiger partial charge in [0.05, 0.1) is 17.5 Å². The monoisotopic (exact) mass is 544 g/mol. The molecule has 0 saturated carbocycles. The van der Waals surface area contributed by atoms with Crippen LogP contribution in [0.4, 0.5) is 17.6 Å². The number of rotatable bonds is 9. The number of likely N-dealkylation sites (N-methyl/N-ethyl adjacent to an activating group) is 1. The molecular weight excluding hydrogens is 519 g/mol. The molecular formula is C23H27Cl3F4N2O2. The lowest BCUT2D eigenvalue weighted by Gasteiger charge is -2.31. The summed E-state index contributed by atoms with van der Waals surface area (Å²) in [5.41, 5.74) is 0.0905. The molecule has 0 spiro atoms. The van der Waals surface area contributed by atoms with Gasteiger partial charge in [-0.1, -0.05) is 23.7 Å². The van der Waals surface area contributed by atoms with Crippen molar-refractivity contribution in [1.29, 1.82) is 0 Å². The van der Waals surface area contributed by atoms with Crippen LogP contribution in [0.25, 0.3) is 0 Å². The normalized spacial score (nSPS) is 24.9. The van der Waals surface area contributed by atoms with E-state index in [2.05, 4.69) is 0 Å². The van der Waals surface area contributed by atoms with E-state index in [0.717, 1.165) is 17.7 Å². The lowest BCUT2D eigenvalue weighted by molar-refractivity contribution is -0.187. The first kappa shape index (κ1) is 27.7. The number of alkyl halides is 5. The fourth-order valence-corrected chi connectivity index (χ4v) is 4.81. The molecule has 1 aromatic rings. The first-order valence-corrected chi connectivity index (χ1v) is 12.2. The zero-order chi connectivity index (χ0) is 25.0. The van der Waals surface area contributed by atoms with E-state index in [9.17, 15) is 22.7 Å². The average molecular weight is 546 g/mol. The van der Waals surface area contributed by atoms with Crippen LogP contribution < -0.4 is 0 Å². The Kier molecular flexibility index (Phi) is 9.71. The number of hydrogen-bond donors (Lipinski definition) is 1. The summed E-state index contributed by atoms with van der Waals surface area (Å²) in [5, 5.41) is 10.8. The van der Waals surface area contributed by atoms with Gasteiger partial charge in [-0.25, -0.2) is 4.39 Å². The molecule has 0 amide bonds. The molecule has 3 rings (SSSR count). The number of likely N-dealkylation sites (tertiary alicyclic amines) is 1. The summed E-state index contributed by atoms with van der Waals surface area (Å²) in [6.07, 6.45) is -0.869. The molecule has 11 heteroatoms. The second-order valence-corrected chi connectivity index (χ2v) is 9.87. The maximum atomic E-state index is 14.1. The lowest BCUT2D eigenvalue weighted by atomic mass is 9.89. The smallest absolute Gasteiger partial charge is 0.356 e. The SMILES string of the molecule is CN(Cc1ccc(C(F)(F)F)c(F)c1)[C@H]1CN(C(O)OCCCCl)CC1C1=CCC(Cl)C(Cl)=C1. The van der Waals surface area contributed by atoms with E-state index < -0.39 is 24.0 Å². The van der Waals surface area contributed by atoms with Crippen molar-refractivity contribution >= 4 is 34.8 Å². The van der Waals surface area contributed by atoms with Crippen molar-refractivity contribution < 1.29 is 27.4 Å². The number of aliphatic hydroxyl groups excluding tert-OH is 1. The van der Waals surface area contributed by atoms with Gasteiger partial charge in [0, 0.05) is 42.5 Å². The zero-order valence-corrected chi connectivity index (χ0v) is 20.8. The second kappa shape index (κ2) is 11.9. The van der Waals surface area contributed by atoms with Crippen LogP contribution in [0, 0.1) is 11.7 Å². The molecule has 1 fully saturated rings. The van der Waals surface area contributed by atoms with E-state index >= 15 is 0 Å². The third kappa shape index (κ3) is 6.87. The molecule has 0 aromatic heterocycles. The molecule has 1 aliphatic carbocycles. The van der Waals surface area contributed by atoms with E-state index in [1.165, 1.54) is 6.07 Å². The van der Waals surface area contributed by atoms with Gasteiger partial charge in [0.25, 0.3) is 0 Å². The summed E-state index contributed by atoms with van der Waals surface area (Å²) < 4.78 is 58.3. The summed E-state index contributed by atoms with van der Waals surface area (Å²) >= 11 is 18.2. The molecule has 1 aromatic carbocycles. The third-order valence-electron chi connectivity index (χ3n) is 6.10. The summed E-state index contributed by atoms with van der Waals surface area (Å²) in [6, 6.07) is 2.82. The van der Waals surface area contributed by atoms with E-state index in [1.807, 2.05) is 24.1 Å². The van der Waals surface area contributed by atoms with Gasteiger partial charge < -0.3 is 9.84 Å². The van der Waals surface area contributed by atoms with Crippen LogP contribution in [0.1, 0.15) is 24.0 Å². The van der Waals surface area contributed by atoms with Crippen molar-refractivity contribution in [2.75, 3.05) is 32.6 Å². The van der Waals surface area contributed by atoms with Gasteiger partial charge in [-0.05, 0) is 49.2 Å². The maximum Gasteiger partial charge on any atom is 0.419 e. The summed E-state index contributed by atoms with van der Waals surface area (Å²) in [4.78, 5) is 3.72. The molecule has 3 unspecified atom stereocenters. The number of aliphatic hydroxyl groups is 1. The largest absolute Gasteiger partial charge is 0.419 e. The Balaban J connectivity index is 1.78. The van der Waals surface area contributed by atoms with Crippen LogP contribution in [-0.2, 0) is 17.5 Å². The van der Waals surface area contributed by atoms with Crippen molar-refractivity contribution in [3.8, 4) is 0 Å². The molecule has 4 nitrogen and oxygen atoms in total. The number of ether oxygens (including phenoxy) is 1. The predicted octanol–water partition coefficient (Wildman–Crippen LogP) is 5.56. The number of benzene rings is 1. The quantitative estimate of drug-likeness (QED) is 0.191. The minimum absolute atomic E-state index is 0.0755. The number of nitrogens with zero attached hydrogens (tertiary/aromatic N) is 2. The molecule has 1 heterocycles. The highest BCUT2D eigenvalue weighted by Gasteiger charge is 2.40. The van der Waals surface area contributed by atoms with Gasteiger partial charge in [-0.2, -0.15) is 13.2 Å². The first-order chi connectivity index (χ1) is 16.0. The number of allylic oxidation sites excluding steroid dienone is 3. The van der Waals surface area contributed by atoms with Crippen LogP contribution in [0.15, 0.2) is 41.0 Å². The van der Waals surface area contributed by atoms with Crippen molar-refractivity contribution in [2.45, 2.75) is 43.4 Å². The fourth-order valence-electron chi connectivity index (χ4n) is 4.33. The Morgan fingerprint density at radius 1 is 1.29 bits per heavy atom. The fraction of sp³-hybridized carbons (Fsp3) is 0.565. The van der Waals surface area contributed by atoms with Crippen molar-refractivity contribution in [3.05, 3.63) is 57.9 Å². The Morgan fingerprint density at radius 2 is 2.03 bits per heavy atom. The molecule has 1 aliphatic heterocycles. The first-order valence-electron chi connectivity index (χ1n) is 10.9. The highest BCUT2D eigenvalue weighted by Crippen LogP contribution is 2.36. The lowest BCUT2D eigenvalue weighted by Crippen LogP contribution is -2.40. The molecule has 34 heavy (non-hydrogen) atoms. The van der Waals surface area contributed by atoms with Gasteiger partial charge in [0.1, 0.15) is 5.82 Å². The minimum atomic E-state index is -4.75. The second-order valence-electron chi connectivity index (χ2n) is 8.53. The topological polar surface area (TPSA) is 35.9 Å². The maximum absolute atomic E-state index is 14.1. The van der Waals surface area contributed by atoms with E-state index in [0.29, 0.717) is 49.0 Å². The third-order valence-corrected chi connectivity index (χ3v) is 7.27. The van der Waals surface area contributed by atoms with E-state index in [4.69, 9.17) is 39.5 Å². The van der Waals surface area contributed by atoms with Gasteiger partial charge in [-0.15, -0.1) is 23.2 Å². The van der Waals surface area contributed by atoms with Crippen LogP contribution in [0.3, 0.4) is 0 Å². The van der Waals surface area contributed by atoms with Gasteiger partial charge in [0.15, 0.2) is 0 Å². The highest BCUT2D eigenvalue weighted by molar-refractivity contribution is 6.37. The van der Waals surface area contributed by atoms with Crippen molar-refractivity contribution in [2.24, 2.45) is 5.92 Å². The van der Waals surface area contributed by atoms with Crippen molar-refractivity contribution in [1.82, 2.24) is 9.80 Å². The van der Waals surface area contributed by atoms with Crippen LogP contribution in [-0.4, -0.2) is 65.4 Å². The average Bonchev–Trinajstić information content (AvgIpc) is 3.21. The Hall–Kier alpha value is -0.870. The van der Waals surface area contributed by atoms with Crippen LogP contribution >= 0.6 is 34.8 Å². The zero-order valence-electron chi connectivity index (χ0n) is 18.5. The van der Waals surface area contributed by atoms with Gasteiger partial charge in [0.2, 0.25) is 6.41 Å². The Morgan fingerprint density at radius 3 is 2.65 bits per heavy atom. The molecule has 0 radical (unpaired) electrons. The summed E-state index contributed by atoms with van der Waals surface area (Å²) in [5.74, 6) is -0.961. The van der Waals surface area contributed by atoms with Gasteiger partial charge >= 0.3 is 6.18 Å². The number of halogens is 7. The molecule has 190 valence electrons. The molecule has 0 bridgehead atoms. The minimum Gasteiger partial charge on any atom is -0.356 e.